The number of aromatic nitrogens is 7. The minimum Gasteiger partial charge on any atom is -0.211 e. The number of fused-ring (bicyclic) bond motifs is 2. The molecule has 0 unspecified atom stereocenters. The first-order valence-electron chi connectivity index (χ1n) is 5.82. The van der Waals surface area contributed by atoms with Gasteiger partial charge in [-0.05, 0) is 19.1 Å². The Bertz CT molecular complexity index is 875. The van der Waals surface area contributed by atoms with Crippen LogP contribution in [0.1, 0.15) is 5.69 Å². The first-order chi connectivity index (χ1) is 9.33. The smallest absolute Gasteiger partial charge is 0.211 e. The van der Waals surface area contributed by atoms with Crippen LogP contribution >= 0.6 is 0 Å². The van der Waals surface area contributed by atoms with Crippen LogP contribution in [-0.2, 0) is 0 Å². The van der Waals surface area contributed by atoms with E-state index in [1.807, 2.05) is 37.3 Å². The summed E-state index contributed by atoms with van der Waals surface area (Å²) in [6, 6.07) is 9.84. The molecule has 0 spiro atoms. The average Bonchev–Trinajstić information content (AvgIpc) is 3.02. The fourth-order valence-electron chi connectivity index (χ4n) is 2.05. The van der Waals surface area contributed by atoms with Crippen LogP contribution in [0.2, 0.25) is 0 Å². The van der Waals surface area contributed by atoms with E-state index >= 15 is 0 Å². The zero-order chi connectivity index (χ0) is 12.8. The molecule has 7 nitrogen and oxygen atoms in total. The molecule has 0 radical (unpaired) electrons. The predicted octanol–water partition coefficient (Wildman–Crippen LogP) is 1.17. The maximum absolute atomic E-state index is 4.49. The molecule has 0 aliphatic carbocycles. The predicted molar refractivity (Wildman–Crippen MR) is 67.9 cm³/mol. The number of para-hydroxylation sites is 1. The Morgan fingerprint density at radius 2 is 1.89 bits per heavy atom. The third-order valence-corrected chi connectivity index (χ3v) is 2.93. The fraction of sp³-hybridized carbons (Fsp3) is 0.0833. The van der Waals surface area contributed by atoms with Crippen molar-refractivity contribution in [3.05, 3.63) is 42.4 Å². The number of hydrogen-bond donors (Lipinski definition) is 0. The molecule has 1 aromatic carbocycles. The lowest BCUT2D eigenvalue weighted by Gasteiger charge is -2.01. The highest BCUT2D eigenvalue weighted by Gasteiger charge is 2.13. The maximum Gasteiger partial charge on any atom is 0.272 e. The van der Waals surface area contributed by atoms with Gasteiger partial charge in [0.15, 0.2) is 0 Å². The van der Waals surface area contributed by atoms with Gasteiger partial charge in [-0.25, -0.2) is 9.67 Å². The van der Waals surface area contributed by atoms with Crippen molar-refractivity contribution in [1.29, 1.82) is 0 Å². The Morgan fingerprint density at radius 3 is 2.74 bits per heavy atom. The number of aryl methyl sites for hydroxylation is 1. The molecule has 0 atom stereocenters. The van der Waals surface area contributed by atoms with Gasteiger partial charge in [-0.3, -0.25) is 0 Å². The summed E-state index contributed by atoms with van der Waals surface area (Å²) in [5.41, 5.74) is 3.19. The van der Waals surface area contributed by atoms with Crippen LogP contribution in [0.4, 0.5) is 0 Å². The SMILES string of the molecule is Cc1nn(-c2ccccc2)c2nn3cnnc3nc12. The van der Waals surface area contributed by atoms with Gasteiger partial charge >= 0.3 is 0 Å². The summed E-state index contributed by atoms with van der Waals surface area (Å²) in [5.74, 6) is 0.475. The van der Waals surface area contributed by atoms with Crippen LogP contribution in [0.15, 0.2) is 36.7 Å². The Hall–Kier alpha value is -2.83. The van der Waals surface area contributed by atoms with Crippen molar-refractivity contribution < 1.29 is 0 Å². The van der Waals surface area contributed by atoms with E-state index in [2.05, 4.69) is 25.4 Å². The molecule has 0 amide bonds. The molecule has 3 heterocycles. The van der Waals surface area contributed by atoms with Crippen LogP contribution in [-0.4, -0.2) is 34.6 Å². The highest BCUT2D eigenvalue weighted by atomic mass is 15.4. The first-order valence-corrected chi connectivity index (χ1v) is 5.82. The molecule has 19 heavy (non-hydrogen) atoms. The summed E-state index contributed by atoms with van der Waals surface area (Å²) in [6.45, 7) is 1.91. The van der Waals surface area contributed by atoms with E-state index in [1.54, 1.807) is 9.20 Å². The first kappa shape index (κ1) is 10.1. The van der Waals surface area contributed by atoms with Crippen molar-refractivity contribution in [3.8, 4) is 5.69 Å². The van der Waals surface area contributed by atoms with Gasteiger partial charge in [-0.2, -0.15) is 9.61 Å². The molecule has 4 rings (SSSR count). The zero-order valence-corrected chi connectivity index (χ0v) is 10.1. The van der Waals surface area contributed by atoms with Crippen LogP contribution in [0.5, 0.6) is 0 Å². The van der Waals surface area contributed by atoms with Gasteiger partial charge in [-0.1, -0.05) is 18.2 Å². The Kier molecular flexibility index (Phi) is 1.91. The van der Waals surface area contributed by atoms with Crippen molar-refractivity contribution >= 4 is 16.9 Å². The van der Waals surface area contributed by atoms with Crippen molar-refractivity contribution in [1.82, 2.24) is 34.6 Å². The summed E-state index contributed by atoms with van der Waals surface area (Å²) in [4.78, 5) is 4.43. The minimum atomic E-state index is 0.475. The highest BCUT2D eigenvalue weighted by molar-refractivity contribution is 5.76. The van der Waals surface area contributed by atoms with Crippen molar-refractivity contribution in [2.45, 2.75) is 6.92 Å². The summed E-state index contributed by atoms with van der Waals surface area (Å²) in [5, 5.41) is 16.6. The fourth-order valence-corrected chi connectivity index (χ4v) is 2.05. The molecular weight excluding hydrogens is 242 g/mol. The van der Waals surface area contributed by atoms with E-state index < -0.39 is 0 Å². The number of nitrogens with zero attached hydrogens (tertiary/aromatic N) is 7. The summed E-state index contributed by atoms with van der Waals surface area (Å²) in [6.07, 6.45) is 1.53. The van der Waals surface area contributed by atoms with Crippen LogP contribution in [0.3, 0.4) is 0 Å². The van der Waals surface area contributed by atoms with Crippen molar-refractivity contribution in [3.63, 3.8) is 0 Å². The highest BCUT2D eigenvalue weighted by Crippen LogP contribution is 2.18. The quantitative estimate of drug-likeness (QED) is 0.507. The largest absolute Gasteiger partial charge is 0.272 e. The summed E-state index contributed by atoms with van der Waals surface area (Å²) < 4.78 is 3.32. The van der Waals surface area contributed by atoms with Gasteiger partial charge in [0, 0.05) is 0 Å². The lowest BCUT2D eigenvalue weighted by atomic mass is 10.3. The molecule has 0 N–H and O–H groups in total. The minimum absolute atomic E-state index is 0.475. The van der Waals surface area contributed by atoms with E-state index in [4.69, 9.17) is 0 Å². The van der Waals surface area contributed by atoms with Gasteiger partial charge in [0.05, 0.1) is 11.4 Å². The lowest BCUT2D eigenvalue weighted by molar-refractivity contribution is 0.845. The standard InChI is InChI=1S/C12H9N7/c1-8-10-11(17-18-7-13-15-12(18)14-10)19(16-8)9-5-3-2-4-6-9/h2-7H,1H3. The van der Waals surface area contributed by atoms with E-state index in [0.29, 0.717) is 11.4 Å². The number of hydrogen-bond acceptors (Lipinski definition) is 5. The van der Waals surface area contributed by atoms with E-state index in [1.165, 1.54) is 6.33 Å². The summed E-state index contributed by atoms with van der Waals surface area (Å²) >= 11 is 0. The number of benzene rings is 1. The average molecular weight is 251 g/mol. The van der Waals surface area contributed by atoms with Gasteiger partial charge < -0.3 is 0 Å². The van der Waals surface area contributed by atoms with Crippen molar-refractivity contribution in [2.75, 3.05) is 0 Å². The van der Waals surface area contributed by atoms with E-state index in [0.717, 1.165) is 16.9 Å². The maximum atomic E-state index is 4.49. The van der Waals surface area contributed by atoms with Gasteiger partial charge in [-0.15, -0.1) is 15.3 Å². The molecule has 0 saturated heterocycles. The van der Waals surface area contributed by atoms with Crippen molar-refractivity contribution in [2.24, 2.45) is 0 Å². The second-order valence-electron chi connectivity index (χ2n) is 4.19. The molecule has 0 fully saturated rings. The third kappa shape index (κ3) is 1.41. The molecular formula is C12H9N7. The normalized spacial score (nSPS) is 11.4. The van der Waals surface area contributed by atoms with Gasteiger partial charge in [0.1, 0.15) is 11.8 Å². The van der Waals surface area contributed by atoms with E-state index in [9.17, 15) is 0 Å². The zero-order valence-electron chi connectivity index (χ0n) is 10.1. The molecule has 0 aliphatic heterocycles. The van der Waals surface area contributed by atoms with Crippen LogP contribution in [0.25, 0.3) is 22.6 Å². The van der Waals surface area contributed by atoms with E-state index in [-0.39, 0.29) is 0 Å². The third-order valence-electron chi connectivity index (χ3n) is 2.93. The van der Waals surface area contributed by atoms with Crippen LogP contribution < -0.4 is 0 Å². The monoisotopic (exact) mass is 251 g/mol. The van der Waals surface area contributed by atoms with Gasteiger partial charge in [0.25, 0.3) is 5.78 Å². The molecule has 0 saturated carbocycles. The number of rotatable bonds is 1. The Labute approximate surface area is 107 Å². The molecule has 92 valence electrons. The topological polar surface area (TPSA) is 73.8 Å². The molecule has 7 heteroatoms. The summed E-state index contributed by atoms with van der Waals surface area (Å²) in [7, 11) is 0. The second kappa shape index (κ2) is 3.58. The Balaban J connectivity index is 2.11. The second-order valence-corrected chi connectivity index (χ2v) is 4.19. The molecule has 0 bridgehead atoms. The van der Waals surface area contributed by atoms with Crippen LogP contribution in [0, 0.1) is 6.92 Å². The molecule has 0 aliphatic rings. The van der Waals surface area contributed by atoms with Gasteiger partial charge in [0.2, 0.25) is 5.65 Å². The lowest BCUT2D eigenvalue weighted by Crippen LogP contribution is -2.01. The Morgan fingerprint density at radius 1 is 1.05 bits per heavy atom. The molecule has 4 aromatic rings. The molecule has 3 aromatic heterocycles.